The summed E-state index contributed by atoms with van der Waals surface area (Å²) in [6, 6.07) is 0. The average molecular weight is 170 g/mol. The second-order valence-electron chi connectivity index (χ2n) is 3.66. The van der Waals surface area contributed by atoms with Crippen LogP contribution in [0.1, 0.15) is 19.8 Å². The quantitative estimate of drug-likeness (QED) is 0.616. The van der Waals surface area contributed by atoms with Gasteiger partial charge < -0.3 is 9.84 Å². The fourth-order valence-corrected chi connectivity index (χ4v) is 2.42. The molecule has 1 N–H and O–H groups in total. The Bertz CT molecular complexity index is 202. The number of hydrogen-bond acceptors (Lipinski definition) is 3. The normalized spacial score (nSPS) is 43.8. The molecule has 4 atom stereocenters. The molecule has 3 nitrogen and oxygen atoms in total. The molecule has 0 saturated heterocycles. The zero-order valence-corrected chi connectivity index (χ0v) is 7.19. The molecule has 2 rings (SSSR count). The van der Waals surface area contributed by atoms with E-state index in [9.17, 15) is 9.90 Å². The van der Waals surface area contributed by atoms with E-state index in [4.69, 9.17) is 4.74 Å². The van der Waals surface area contributed by atoms with Crippen molar-refractivity contribution >= 4 is 5.97 Å². The lowest BCUT2D eigenvalue weighted by Crippen LogP contribution is -2.15. The summed E-state index contributed by atoms with van der Waals surface area (Å²) in [4.78, 5) is 11.2. The molecule has 0 heterocycles. The van der Waals surface area contributed by atoms with Crippen LogP contribution < -0.4 is 0 Å². The van der Waals surface area contributed by atoms with E-state index in [2.05, 4.69) is 0 Å². The van der Waals surface area contributed by atoms with Crippen molar-refractivity contribution in [1.29, 1.82) is 0 Å². The molecule has 0 radical (unpaired) electrons. The average Bonchev–Trinajstić information content (AvgIpc) is 2.65. The number of aliphatic hydroxyl groups excluding tert-OH is 1. The summed E-state index contributed by atoms with van der Waals surface area (Å²) in [7, 11) is 0. The summed E-state index contributed by atoms with van der Waals surface area (Å²) in [5, 5.41) is 9.42. The molecule has 0 bridgehead atoms. The van der Waals surface area contributed by atoms with Crippen LogP contribution in [-0.4, -0.2) is 23.8 Å². The highest BCUT2D eigenvalue weighted by Gasteiger charge is 2.61. The van der Waals surface area contributed by atoms with E-state index in [1.165, 1.54) is 0 Å². The SMILES string of the molecule is CCOC(=O)C1[C@H]2[C@H](O)CC[C@@H]12. The van der Waals surface area contributed by atoms with Gasteiger partial charge in [-0.2, -0.15) is 0 Å². The smallest absolute Gasteiger partial charge is 0.309 e. The number of carbonyl (C=O) groups is 1. The zero-order valence-electron chi connectivity index (χ0n) is 7.19. The van der Waals surface area contributed by atoms with Gasteiger partial charge in [-0.3, -0.25) is 4.79 Å². The first-order valence-corrected chi connectivity index (χ1v) is 4.60. The van der Waals surface area contributed by atoms with Gasteiger partial charge in [-0.25, -0.2) is 0 Å². The van der Waals surface area contributed by atoms with Crippen LogP contribution in [0.2, 0.25) is 0 Å². The van der Waals surface area contributed by atoms with Crippen molar-refractivity contribution in [3.05, 3.63) is 0 Å². The molecule has 2 saturated carbocycles. The molecule has 68 valence electrons. The van der Waals surface area contributed by atoms with Crippen LogP contribution in [0.5, 0.6) is 0 Å². The Kier molecular flexibility index (Phi) is 1.83. The maximum Gasteiger partial charge on any atom is 0.309 e. The van der Waals surface area contributed by atoms with Crippen molar-refractivity contribution in [2.45, 2.75) is 25.9 Å². The molecule has 3 heteroatoms. The third kappa shape index (κ3) is 1.04. The molecule has 0 aromatic heterocycles. The van der Waals surface area contributed by atoms with Gasteiger partial charge in [0, 0.05) is 5.92 Å². The topological polar surface area (TPSA) is 46.5 Å². The highest BCUT2D eigenvalue weighted by atomic mass is 16.5. The molecule has 12 heavy (non-hydrogen) atoms. The highest BCUT2D eigenvalue weighted by molar-refractivity contribution is 5.77. The lowest BCUT2D eigenvalue weighted by molar-refractivity contribution is -0.146. The van der Waals surface area contributed by atoms with Crippen molar-refractivity contribution in [2.75, 3.05) is 6.61 Å². The number of fused-ring (bicyclic) bond motifs is 1. The number of carbonyl (C=O) groups excluding carboxylic acids is 1. The summed E-state index contributed by atoms with van der Waals surface area (Å²) in [6.07, 6.45) is 1.62. The molecular formula is C9H14O3. The summed E-state index contributed by atoms with van der Waals surface area (Å²) < 4.78 is 4.90. The van der Waals surface area contributed by atoms with Gasteiger partial charge in [-0.15, -0.1) is 0 Å². The van der Waals surface area contributed by atoms with Gasteiger partial charge in [0.1, 0.15) is 0 Å². The van der Waals surface area contributed by atoms with Gasteiger partial charge >= 0.3 is 5.97 Å². The maximum atomic E-state index is 11.2. The number of aliphatic hydroxyl groups is 1. The van der Waals surface area contributed by atoms with E-state index in [-0.39, 0.29) is 23.9 Å². The third-order valence-corrected chi connectivity index (χ3v) is 3.03. The number of esters is 1. The number of hydrogen-bond donors (Lipinski definition) is 1. The molecule has 0 aliphatic heterocycles. The van der Waals surface area contributed by atoms with E-state index in [0.717, 1.165) is 12.8 Å². The Morgan fingerprint density at radius 1 is 1.58 bits per heavy atom. The Morgan fingerprint density at radius 3 is 2.83 bits per heavy atom. The second kappa shape index (κ2) is 2.73. The summed E-state index contributed by atoms with van der Waals surface area (Å²) in [6.45, 7) is 2.26. The monoisotopic (exact) mass is 170 g/mol. The van der Waals surface area contributed by atoms with Gasteiger partial charge in [0.2, 0.25) is 0 Å². The fraction of sp³-hybridized carbons (Fsp3) is 0.889. The largest absolute Gasteiger partial charge is 0.466 e. The lowest BCUT2D eigenvalue weighted by atomic mass is 10.1. The predicted molar refractivity (Wildman–Crippen MR) is 42.3 cm³/mol. The van der Waals surface area contributed by atoms with Crippen LogP contribution in [0, 0.1) is 17.8 Å². The highest BCUT2D eigenvalue weighted by Crippen LogP contribution is 2.57. The zero-order chi connectivity index (χ0) is 8.72. The van der Waals surface area contributed by atoms with E-state index in [0.29, 0.717) is 12.5 Å². The number of rotatable bonds is 2. The standard InChI is InChI=1S/C9H14O3/c1-2-12-9(11)8-5-3-4-6(10)7(5)8/h5-8,10H,2-4H2,1H3/t5-,6-,7-,8?/m1/s1. The van der Waals surface area contributed by atoms with Crippen LogP contribution in [0.15, 0.2) is 0 Å². The Hall–Kier alpha value is -0.570. The van der Waals surface area contributed by atoms with Gasteiger partial charge in [0.15, 0.2) is 0 Å². The molecule has 2 fully saturated rings. The molecule has 0 amide bonds. The van der Waals surface area contributed by atoms with Crippen molar-refractivity contribution in [3.63, 3.8) is 0 Å². The van der Waals surface area contributed by atoms with Crippen LogP contribution >= 0.6 is 0 Å². The molecule has 0 aromatic rings. The minimum absolute atomic E-state index is 0.0219. The van der Waals surface area contributed by atoms with Gasteiger partial charge in [-0.05, 0) is 25.7 Å². The fourth-order valence-electron chi connectivity index (χ4n) is 2.42. The van der Waals surface area contributed by atoms with Crippen molar-refractivity contribution < 1.29 is 14.6 Å². The van der Waals surface area contributed by atoms with E-state index in [1.54, 1.807) is 0 Å². The van der Waals surface area contributed by atoms with Crippen LogP contribution in [-0.2, 0) is 9.53 Å². The number of ether oxygens (including phenoxy) is 1. The lowest BCUT2D eigenvalue weighted by Gasteiger charge is -2.06. The van der Waals surface area contributed by atoms with Crippen molar-refractivity contribution in [1.82, 2.24) is 0 Å². The van der Waals surface area contributed by atoms with Crippen molar-refractivity contribution in [2.24, 2.45) is 17.8 Å². The molecule has 1 unspecified atom stereocenters. The van der Waals surface area contributed by atoms with Crippen LogP contribution in [0.25, 0.3) is 0 Å². The van der Waals surface area contributed by atoms with Gasteiger partial charge in [0.25, 0.3) is 0 Å². The Balaban J connectivity index is 1.90. The molecule has 0 spiro atoms. The predicted octanol–water partition coefficient (Wildman–Crippen LogP) is 0.566. The van der Waals surface area contributed by atoms with Crippen molar-refractivity contribution in [3.8, 4) is 0 Å². The molecule has 2 aliphatic carbocycles. The van der Waals surface area contributed by atoms with Crippen LogP contribution in [0.4, 0.5) is 0 Å². The van der Waals surface area contributed by atoms with Crippen LogP contribution in [0.3, 0.4) is 0 Å². The van der Waals surface area contributed by atoms with Gasteiger partial charge in [-0.1, -0.05) is 0 Å². The molecule has 2 aliphatic rings. The molecular weight excluding hydrogens is 156 g/mol. The van der Waals surface area contributed by atoms with E-state index in [1.807, 2.05) is 6.92 Å². The minimum Gasteiger partial charge on any atom is -0.466 e. The Labute approximate surface area is 71.7 Å². The second-order valence-corrected chi connectivity index (χ2v) is 3.66. The summed E-state index contributed by atoms with van der Waals surface area (Å²) in [5.41, 5.74) is 0. The first-order chi connectivity index (χ1) is 5.75. The van der Waals surface area contributed by atoms with E-state index < -0.39 is 0 Å². The molecule has 0 aromatic carbocycles. The first-order valence-electron chi connectivity index (χ1n) is 4.60. The Morgan fingerprint density at radius 2 is 2.33 bits per heavy atom. The summed E-state index contributed by atoms with van der Waals surface area (Å²) >= 11 is 0. The maximum absolute atomic E-state index is 11.2. The summed E-state index contributed by atoms with van der Waals surface area (Å²) in [5.74, 6) is 0.572. The third-order valence-electron chi connectivity index (χ3n) is 3.03. The first kappa shape index (κ1) is 8.05. The minimum atomic E-state index is -0.246. The van der Waals surface area contributed by atoms with E-state index >= 15 is 0 Å². The van der Waals surface area contributed by atoms with Gasteiger partial charge in [0.05, 0.1) is 18.6 Å².